The van der Waals surface area contributed by atoms with E-state index in [0.717, 1.165) is 33.5 Å². The van der Waals surface area contributed by atoms with Crippen LogP contribution in [0.3, 0.4) is 0 Å². The van der Waals surface area contributed by atoms with Crippen molar-refractivity contribution in [2.45, 2.75) is 167 Å². The highest BCUT2D eigenvalue weighted by molar-refractivity contribution is 14.1. The molecule has 14 heteroatoms. The molecule has 8 atom stereocenters. The highest BCUT2D eigenvalue weighted by atomic mass is 127. The topological polar surface area (TPSA) is 130 Å². The van der Waals surface area contributed by atoms with E-state index in [-0.39, 0.29) is 41.5 Å². The van der Waals surface area contributed by atoms with E-state index in [2.05, 4.69) is 104 Å². The number of carbonyl (C=O) groups is 1. The Morgan fingerprint density at radius 2 is 1.08 bits per heavy atom. The summed E-state index contributed by atoms with van der Waals surface area (Å²) in [5.74, 6) is -0.265. The van der Waals surface area contributed by atoms with Crippen molar-refractivity contribution in [3.05, 3.63) is 181 Å². The molecule has 0 bridgehead atoms. The largest absolute Gasteiger partial charge is 0.497 e. The minimum absolute atomic E-state index is 0.00612. The molecular formula is C65H85IO12Si. The molecule has 4 unspecified atom stereocenters. The first-order valence-electron chi connectivity index (χ1n) is 27.5. The van der Waals surface area contributed by atoms with Gasteiger partial charge in [-0.3, -0.25) is 0 Å². The van der Waals surface area contributed by atoms with Crippen LogP contribution in [-0.4, -0.2) is 105 Å². The van der Waals surface area contributed by atoms with E-state index in [1.807, 2.05) is 127 Å². The van der Waals surface area contributed by atoms with Crippen molar-refractivity contribution < 1.29 is 57.0 Å². The van der Waals surface area contributed by atoms with E-state index >= 15 is 0 Å². The van der Waals surface area contributed by atoms with Crippen molar-refractivity contribution in [1.82, 2.24) is 0 Å². The van der Waals surface area contributed by atoms with E-state index in [4.69, 9.17) is 47.1 Å². The van der Waals surface area contributed by atoms with Crippen LogP contribution >= 0.6 is 22.6 Å². The minimum atomic E-state index is -2.67. The first kappa shape index (κ1) is 63.5. The number of benzene rings is 5. The monoisotopic (exact) mass is 1210 g/mol. The molecule has 79 heavy (non-hydrogen) atoms. The molecule has 2 fully saturated rings. The highest BCUT2D eigenvalue weighted by Gasteiger charge is 2.51. The van der Waals surface area contributed by atoms with Gasteiger partial charge in [0.05, 0.1) is 57.4 Å². The van der Waals surface area contributed by atoms with Crippen molar-refractivity contribution in [2.75, 3.05) is 25.3 Å². The van der Waals surface area contributed by atoms with Crippen molar-refractivity contribution in [2.24, 2.45) is 0 Å². The van der Waals surface area contributed by atoms with Crippen molar-refractivity contribution in [3.8, 4) is 11.5 Å². The van der Waals surface area contributed by atoms with Gasteiger partial charge in [-0.2, -0.15) is 0 Å². The normalized spacial score (nSPS) is 20.5. The van der Waals surface area contributed by atoms with Crippen LogP contribution < -0.4 is 19.8 Å². The van der Waals surface area contributed by atoms with Gasteiger partial charge in [0.2, 0.25) is 0 Å². The summed E-state index contributed by atoms with van der Waals surface area (Å²) in [4.78, 5) is 12.9. The van der Waals surface area contributed by atoms with Crippen LogP contribution in [0.25, 0.3) is 0 Å². The van der Waals surface area contributed by atoms with Gasteiger partial charge in [-0.25, -0.2) is 4.79 Å². The Kier molecular flexibility index (Phi) is 24.4. The molecule has 0 aromatic heterocycles. The van der Waals surface area contributed by atoms with E-state index in [1.54, 1.807) is 32.4 Å². The Morgan fingerprint density at radius 1 is 0.633 bits per heavy atom. The number of aliphatic hydroxyl groups excluding tert-OH is 1. The summed E-state index contributed by atoms with van der Waals surface area (Å²) >= 11 is 2.33. The lowest BCUT2D eigenvalue weighted by Gasteiger charge is -2.43. The number of hydrogen-bond acceptors (Lipinski definition) is 12. The quantitative estimate of drug-likeness (QED) is 0.0186. The summed E-state index contributed by atoms with van der Waals surface area (Å²) in [5.41, 5.74) is 2.67. The number of ether oxygens (including phenoxy) is 9. The maximum Gasteiger partial charge on any atom is 0.338 e. The second-order valence-electron chi connectivity index (χ2n) is 22.0. The van der Waals surface area contributed by atoms with Crippen molar-refractivity contribution in [1.29, 1.82) is 0 Å². The van der Waals surface area contributed by atoms with Gasteiger partial charge in [0, 0.05) is 11.0 Å². The van der Waals surface area contributed by atoms with E-state index in [9.17, 15) is 9.90 Å². The van der Waals surface area contributed by atoms with E-state index < -0.39 is 38.2 Å². The standard InChI is InChI=1S/C37H50O6Si.C28H35IO6/c1-28(40-27-29-21-23-30(39-7)24-22-29)15-14-20-33(38)35-34(42-37(5,6)43-35)25-26-41-44(36(2,3)4,31-16-10-8-11-17-31)32-18-12-9-13-19-32;1-20(32-19-21-13-15-23(31-4)16-14-21)9-8-12-24(33-27(30)22-10-6-5-7-11-22)26-25(17-18-29)34-28(2,3)35-26/h8-14,16-24,28,33-35,38H,15,25-27H2,1-7H3;5-8,10-16,20,24-26H,9,17-19H2,1-4H3/b20-14-;12-8-/t28-,33?,34-,35?;20-,24?,25-,26?/m00/s1. The zero-order chi connectivity index (χ0) is 57.1. The first-order chi connectivity index (χ1) is 37.8. The molecule has 428 valence electrons. The molecule has 2 aliphatic heterocycles. The molecule has 0 amide bonds. The van der Waals surface area contributed by atoms with Crippen LogP contribution in [0, 0.1) is 0 Å². The predicted octanol–water partition coefficient (Wildman–Crippen LogP) is 12.5. The zero-order valence-corrected chi connectivity index (χ0v) is 51.3. The maximum absolute atomic E-state index is 12.9. The molecule has 0 saturated carbocycles. The van der Waals surface area contributed by atoms with Gasteiger partial charge in [0.15, 0.2) is 11.6 Å². The highest BCUT2D eigenvalue weighted by Crippen LogP contribution is 2.39. The molecule has 2 aliphatic rings. The Balaban J connectivity index is 0.000000262. The summed E-state index contributed by atoms with van der Waals surface area (Å²) in [6.07, 6.45) is 7.65. The first-order valence-corrected chi connectivity index (χ1v) is 31.0. The lowest BCUT2D eigenvalue weighted by Crippen LogP contribution is -2.66. The summed E-state index contributed by atoms with van der Waals surface area (Å²) in [6, 6.07) is 46.0. The number of hydrogen-bond donors (Lipinski definition) is 1. The van der Waals surface area contributed by atoms with E-state index in [0.29, 0.717) is 44.6 Å². The number of halogens is 1. The fourth-order valence-corrected chi connectivity index (χ4v) is 15.1. The van der Waals surface area contributed by atoms with Crippen LogP contribution in [0.4, 0.5) is 0 Å². The summed E-state index contributed by atoms with van der Waals surface area (Å²) < 4.78 is 61.2. The molecule has 2 heterocycles. The molecular weight excluding hydrogens is 1130 g/mol. The molecule has 0 aliphatic carbocycles. The predicted molar refractivity (Wildman–Crippen MR) is 323 cm³/mol. The van der Waals surface area contributed by atoms with Gasteiger partial charge in [-0.15, -0.1) is 0 Å². The third kappa shape index (κ3) is 18.9. The number of carbonyl (C=O) groups excluding carboxylic acids is 1. The number of alkyl halides is 1. The smallest absolute Gasteiger partial charge is 0.338 e. The second-order valence-corrected chi connectivity index (χ2v) is 27.4. The van der Waals surface area contributed by atoms with Crippen molar-refractivity contribution in [3.63, 3.8) is 0 Å². The number of esters is 1. The van der Waals surface area contributed by atoms with Gasteiger partial charge in [-0.05, 0) is 136 Å². The number of aliphatic hydroxyl groups is 1. The Labute approximate surface area is 485 Å². The molecule has 0 spiro atoms. The maximum atomic E-state index is 12.9. The molecule has 1 N–H and O–H groups in total. The van der Waals surface area contributed by atoms with Crippen LogP contribution in [-0.2, 0) is 50.8 Å². The van der Waals surface area contributed by atoms with Crippen LogP contribution in [0.1, 0.15) is 109 Å². The van der Waals surface area contributed by atoms with Crippen LogP contribution in [0.5, 0.6) is 11.5 Å². The lowest BCUT2D eigenvalue weighted by atomic mass is 10.0. The SMILES string of the molecule is COc1ccc(CO[C@@H](C)C/C=C\C(O)C2OC(C)(C)O[C@H]2CCO[Si](c2ccccc2)(c2ccccc2)C(C)(C)C)cc1.COc1ccc(CO[C@@H](C)C/C=C\C(OC(=O)c2ccccc2)C2OC(C)(C)O[C@H]2CCI)cc1. The Morgan fingerprint density at radius 3 is 1.53 bits per heavy atom. The summed E-state index contributed by atoms with van der Waals surface area (Å²) in [5, 5.41) is 13.6. The molecule has 5 aromatic carbocycles. The van der Waals surface area contributed by atoms with Gasteiger partial charge in [0.25, 0.3) is 8.32 Å². The Bertz CT molecular complexity index is 2570. The van der Waals surface area contributed by atoms with Gasteiger partial charge >= 0.3 is 5.97 Å². The second kappa shape index (κ2) is 30.4. The molecule has 2 saturated heterocycles. The summed E-state index contributed by atoms with van der Waals surface area (Å²) in [6.45, 7) is 20.0. The van der Waals surface area contributed by atoms with Crippen molar-refractivity contribution >= 4 is 47.3 Å². The number of methoxy groups -OCH3 is 2. The lowest BCUT2D eigenvalue weighted by molar-refractivity contribution is -0.153. The molecule has 5 aromatic rings. The average Bonchev–Trinajstić information content (AvgIpc) is 4.03. The molecule has 7 rings (SSSR count). The van der Waals surface area contributed by atoms with E-state index in [1.165, 1.54) is 10.4 Å². The average molecular weight is 1210 g/mol. The molecule has 12 nitrogen and oxygen atoms in total. The van der Waals surface area contributed by atoms with Gasteiger partial charge in [0.1, 0.15) is 35.9 Å². The third-order valence-electron chi connectivity index (χ3n) is 13.9. The van der Waals surface area contributed by atoms with Crippen LogP contribution in [0.2, 0.25) is 5.04 Å². The fourth-order valence-electron chi connectivity index (χ4n) is 9.90. The van der Waals surface area contributed by atoms with Gasteiger partial charge < -0.3 is 52.2 Å². The minimum Gasteiger partial charge on any atom is -0.497 e. The Hall–Kier alpha value is -4.72. The molecule has 0 radical (unpaired) electrons. The summed E-state index contributed by atoms with van der Waals surface area (Å²) in [7, 11) is 0.639. The van der Waals surface area contributed by atoms with Gasteiger partial charge in [-0.1, -0.05) is 165 Å². The van der Waals surface area contributed by atoms with Crippen LogP contribution in [0.15, 0.2) is 164 Å². The fraction of sp³-hybridized carbons (Fsp3) is 0.462. The zero-order valence-electron chi connectivity index (χ0n) is 48.2. The third-order valence-corrected chi connectivity index (χ3v) is 19.5. The number of rotatable bonds is 26.